The third-order valence-electron chi connectivity index (χ3n) is 4.34. The van der Waals surface area contributed by atoms with Crippen LogP contribution in [0.5, 0.6) is 0 Å². The van der Waals surface area contributed by atoms with Gasteiger partial charge in [-0.25, -0.2) is 4.79 Å². The van der Waals surface area contributed by atoms with Crippen LogP contribution in [-0.4, -0.2) is 58.3 Å². The van der Waals surface area contributed by atoms with E-state index in [1.165, 1.54) is 10.5 Å². The summed E-state index contributed by atoms with van der Waals surface area (Å²) in [5.74, 6) is -0.0591. The zero-order chi connectivity index (χ0) is 16.4. The van der Waals surface area contributed by atoms with E-state index in [1.54, 1.807) is 17.3 Å². The first-order chi connectivity index (χ1) is 11.1. The summed E-state index contributed by atoms with van der Waals surface area (Å²) < 4.78 is 0. The predicted molar refractivity (Wildman–Crippen MR) is 82.5 cm³/mol. The Morgan fingerprint density at radius 1 is 1.30 bits per heavy atom. The van der Waals surface area contributed by atoms with E-state index in [0.717, 1.165) is 0 Å². The molecule has 2 aliphatic heterocycles. The fourth-order valence-electron chi connectivity index (χ4n) is 2.98. The van der Waals surface area contributed by atoms with E-state index >= 15 is 0 Å². The monoisotopic (exact) mass is 316 g/mol. The predicted octanol–water partition coefficient (Wildman–Crippen LogP) is 0.728. The number of amides is 4. The normalized spacial score (nSPS) is 21.3. The minimum atomic E-state index is -0.721. The Labute approximate surface area is 134 Å². The molecule has 23 heavy (non-hydrogen) atoms. The van der Waals surface area contributed by atoms with E-state index in [-0.39, 0.29) is 18.2 Å². The Bertz CT molecular complexity index is 613. The molecule has 0 aliphatic carbocycles. The second-order valence-corrected chi connectivity index (χ2v) is 5.97. The van der Waals surface area contributed by atoms with Gasteiger partial charge in [-0.2, -0.15) is 0 Å². The molecule has 3 rings (SSSR count). The number of carbonyl (C=O) groups excluding carboxylic acids is 3. The van der Waals surface area contributed by atoms with E-state index in [9.17, 15) is 14.4 Å². The summed E-state index contributed by atoms with van der Waals surface area (Å²) in [6.07, 6.45) is 4.23. The van der Waals surface area contributed by atoms with Crippen LogP contribution in [0.1, 0.15) is 31.2 Å². The van der Waals surface area contributed by atoms with Crippen LogP contribution in [0.2, 0.25) is 0 Å². The van der Waals surface area contributed by atoms with Crippen LogP contribution < -0.4 is 5.32 Å². The summed E-state index contributed by atoms with van der Waals surface area (Å²) in [4.78, 5) is 43.0. The molecular weight excluding hydrogens is 296 g/mol. The highest BCUT2D eigenvalue weighted by atomic mass is 16.2. The molecule has 122 valence electrons. The van der Waals surface area contributed by atoms with Crippen molar-refractivity contribution in [1.29, 1.82) is 0 Å². The van der Waals surface area contributed by atoms with Crippen molar-refractivity contribution in [3.63, 3.8) is 0 Å². The molecule has 0 spiro atoms. The fraction of sp³-hybridized carbons (Fsp3) is 0.500. The molecule has 0 bridgehead atoms. The number of carbonyl (C=O) groups is 3. The maximum Gasteiger partial charge on any atom is 0.324 e. The highest BCUT2D eigenvalue weighted by Crippen LogP contribution is 2.27. The number of pyridine rings is 1. The van der Waals surface area contributed by atoms with Gasteiger partial charge in [-0.15, -0.1) is 0 Å². The lowest BCUT2D eigenvalue weighted by molar-refractivity contribution is -0.139. The molecule has 1 aromatic rings. The average Bonchev–Trinajstić information content (AvgIpc) is 2.75. The smallest absolute Gasteiger partial charge is 0.324 e. The second-order valence-electron chi connectivity index (χ2n) is 5.97. The van der Waals surface area contributed by atoms with Crippen LogP contribution in [0.4, 0.5) is 4.79 Å². The van der Waals surface area contributed by atoms with Crippen LogP contribution in [0.25, 0.3) is 0 Å². The first-order valence-electron chi connectivity index (χ1n) is 7.89. The van der Waals surface area contributed by atoms with Crippen molar-refractivity contribution in [2.75, 3.05) is 19.6 Å². The van der Waals surface area contributed by atoms with Gasteiger partial charge in [-0.1, -0.05) is 6.92 Å². The van der Waals surface area contributed by atoms with E-state index in [0.29, 0.717) is 32.0 Å². The molecule has 1 aromatic heterocycles. The number of imide groups is 1. The van der Waals surface area contributed by atoms with Gasteiger partial charge < -0.3 is 10.2 Å². The number of rotatable bonds is 5. The van der Waals surface area contributed by atoms with Gasteiger partial charge in [0.2, 0.25) is 5.91 Å². The van der Waals surface area contributed by atoms with Crippen LogP contribution in [0, 0.1) is 0 Å². The van der Waals surface area contributed by atoms with Gasteiger partial charge in [0.25, 0.3) is 5.91 Å². The molecule has 0 aromatic carbocycles. The summed E-state index contributed by atoms with van der Waals surface area (Å²) >= 11 is 0. The molecule has 0 radical (unpaired) electrons. The molecule has 3 heterocycles. The Morgan fingerprint density at radius 2 is 2.00 bits per heavy atom. The van der Waals surface area contributed by atoms with Crippen molar-refractivity contribution in [1.82, 2.24) is 20.1 Å². The standard InChI is InChI=1S/C16H20N4O3/c1-2-7-20-15(22)13(18-16(20)23)8-14(21)19-9-12(10-19)11-3-5-17-6-4-11/h3-6,12-13H,2,7-10H2,1H3,(H,18,23). The molecule has 7 nitrogen and oxygen atoms in total. The SMILES string of the molecule is CCCN1C(=O)NC(CC(=O)N2CC(c3ccncc3)C2)C1=O. The van der Waals surface area contributed by atoms with Gasteiger partial charge in [-0.3, -0.25) is 19.5 Å². The summed E-state index contributed by atoms with van der Waals surface area (Å²) in [6.45, 7) is 3.59. The van der Waals surface area contributed by atoms with Crippen LogP contribution >= 0.6 is 0 Å². The van der Waals surface area contributed by atoms with Gasteiger partial charge in [0.1, 0.15) is 6.04 Å². The van der Waals surface area contributed by atoms with Crippen molar-refractivity contribution in [3.8, 4) is 0 Å². The molecule has 4 amide bonds. The Kier molecular flexibility index (Phi) is 4.27. The van der Waals surface area contributed by atoms with Crippen molar-refractivity contribution in [2.45, 2.75) is 31.7 Å². The molecule has 2 saturated heterocycles. The van der Waals surface area contributed by atoms with Gasteiger partial charge in [0.15, 0.2) is 0 Å². The Morgan fingerprint density at radius 3 is 2.65 bits per heavy atom. The number of urea groups is 1. The summed E-state index contributed by atoms with van der Waals surface area (Å²) in [5, 5.41) is 2.60. The number of aromatic nitrogens is 1. The summed E-state index contributed by atoms with van der Waals surface area (Å²) in [7, 11) is 0. The van der Waals surface area contributed by atoms with Gasteiger partial charge in [0.05, 0.1) is 6.42 Å². The topological polar surface area (TPSA) is 82.6 Å². The number of likely N-dealkylation sites (tertiary alicyclic amines) is 1. The number of hydrogen-bond donors (Lipinski definition) is 1. The maximum absolute atomic E-state index is 12.3. The molecular formula is C16H20N4O3. The zero-order valence-corrected chi connectivity index (χ0v) is 13.1. The minimum absolute atomic E-state index is 0.0356. The molecule has 1 N–H and O–H groups in total. The summed E-state index contributed by atoms with van der Waals surface area (Å²) in [5.41, 5.74) is 1.17. The first-order valence-corrected chi connectivity index (χ1v) is 7.89. The van der Waals surface area contributed by atoms with Crippen molar-refractivity contribution in [2.24, 2.45) is 0 Å². The Hall–Kier alpha value is -2.44. The largest absolute Gasteiger partial charge is 0.341 e. The van der Waals surface area contributed by atoms with Crippen LogP contribution in [0.15, 0.2) is 24.5 Å². The second kappa shape index (κ2) is 6.36. The molecule has 0 saturated carbocycles. The lowest BCUT2D eigenvalue weighted by Crippen LogP contribution is -2.50. The molecule has 2 fully saturated rings. The number of nitrogens with zero attached hydrogens (tertiary/aromatic N) is 3. The van der Waals surface area contributed by atoms with E-state index in [1.807, 2.05) is 19.1 Å². The first kappa shape index (κ1) is 15.5. The van der Waals surface area contributed by atoms with Gasteiger partial charge >= 0.3 is 6.03 Å². The van der Waals surface area contributed by atoms with E-state index in [4.69, 9.17) is 0 Å². The lowest BCUT2D eigenvalue weighted by atomic mass is 9.91. The van der Waals surface area contributed by atoms with E-state index in [2.05, 4.69) is 10.3 Å². The van der Waals surface area contributed by atoms with Gasteiger partial charge in [-0.05, 0) is 24.1 Å². The van der Waals surface area contributed by atoms with Crippen LogP contribution in [-0.2, 0) is 9.59 Å². The highest BCUT2D eigenvalue weighted by molar-refractivity contribution is 6.05. The third-order valence-corrected chi connectivity index (χ3v) is 4.34. The molecule has 1 atom stereocenters. The van der Waals surface area contributed by atoms with E-state index < -0.39 is 12.1 Å². The van der Waals surface area contributed by atoms with Crippen molar-refractivity contribution >= 4 is 17.8 Å². The fourth-order valence-corrected chi connectivity index (χ4v) is 2.98. The maximum atomic E-state index is 12.3. The summed E-state index contributed by atoms with van der Waals surface area (Å²) in [6, 6.07) is 2.79. The molecule has 2 aliphatic rings. The lowest BCUT2D eigenvalue weighted by Gasteiger charge is -2.40. The van der Waals surface area contributed by atoms with Crippen molar-refractivity contribution < 1.29 is 14.4 Å². The number of nitrogens with one attached hydrogen (secondary N) is 1. The van der Waals surface area contributed by atoms with Crippen LogP contribution in [0.3, 0.4) is 0 Å². The Balaban J connectivity index is 1.51. The quantitative estimate of drug-likeness (QED) is 0.812. The van der Waals surface area contributed by atoms with Gasteiger partial charge in [0, 0.05) is 37.9 Å². The third kappa shape index (κ3) is 3.04. The number of hydrogen-bond acceptors (Lipinski definition) is 4. The van der Waals surface area contributed by atoms with Crippen molar-refractivity contribution in [3.05, 3.63) is 30.1 Å². The average molecular weight is 316 g/mol. The molecule has 1 unspecified atom stereocenters. The minimum Gasteiger partial charge on any atom is -0.341 e. The zero-order valence-electron chi connectivity index (χ0n) is 13.1. The molecule has 7 heteroatoms. The highest BCUT2D eigenvalue weighted by Gasteiger charge is 2.40.